The van der Waals surface area contributed by atoms with E-state index in [1.54, 1.807) is 35.2 Å². The lowest BCUT2D eigenvalue weighted by Gasteiger charge is -2.27. The zero-order chi connectivity index (χ0) is 17.8. The summed E-state index contributed by atoms with van der Waals surface area (Å²) >= 11 is 11.9. The standard InChI is InChI=1S/C18H16Cl2N2O3/c19-13-9-12(10-14(20)11-13)17(23)21-16-4-2-1-3-15(16)18(24)22-5-7-25-8-6-22/h1-4,9-11H,5-8H2,(H,21,23). The summed E-state index contributed by atoms with van der Waals surface area (Å²) in [6.45, 7) is 2.10. The van der Waals surface area contributed by atoms with Gasteiger partial charge in [0.05, 0.1) is 24.5 Å². The van der Waals surface area contributed by atoms with Gasteiger partial charge in [-0.3, -0.25) is 9.59 Å². The lowest BCUT2D eigenvalue weighted by molar-refractivity contribution is 0.0303. The number of nitrogens with zero attached hydrogens (tertiary/aromatic N) is 1. The van der Waals surface area contributed by atoms with Crippen molar-refractivity contribution in [2.45, 2.75) is 0 Å². The SMILES string of the molecule is O=C(Nc1ccccc1C(=O)N1CCOCC1)c1cc(Cl)cc(Cl)c1. The molecule has 0 aromatic heterocycles. The fourth-order valence-electron chi connectivity index (χ4n) is 2.59. The molecule has 0 bridgehead atoms. The van der Waals surface area contributed by atoms with E-state index >= 15 is 0 Å². The quantitative estimate of drug-likeness (QED) is 0.885. The summed E-state index contributed by atoms with van der Waals surface area (Å²) in [5.74, 6) is -0.519. The van der Waals surface area contributed by atoms with Crippen LogP contribution in [0, 0.1) is 0 Å². The first-order chi connectivity index (χ1) is 12.0. The van der Waals surface area contributed by atoms with Crippen LogP contribution in [0.1, 0.15) is 20.7 Å². The molecule has 3 rings (SSSR count). The summed E-state index contributed by atoms with van der Waals surface area (Å²) < 4.78 is 5.27. The van der Waals surface area contributed by atoms with Crippen LogP contribution in [0.25, 0.3) is 0 Å². The number of carbonyl (C=O) groups excluding carboxylic acids is 2. The molecule has 0 radical (unpaired) electrons. The van der Waals surface area contributed by atoms with Gasteiger partial charge in [0.2, 0.25) is 0 Å². The van der Waals surface area contributed by atoms with Crippen molar-refractivity contribution in [3.8, 4) is 0 Å². The molecule has 130 valence electrons. The molecular formula is C18H16Cl2N2O3. The fraction of sp³-hybridized carbons (Fsp3) is 0.222. The van der Waals surface area contributed by atoms with Crippen LogP contribution in [-0.2, 0) is 4.74 Å². The summed E-state index contributed by atoms with van der Waals surface area (Å²) in [6, 6.07) is 11.5. The molecule has 2 aromatic rings. The number of para-hydroxylation sites is 1. The Kier molecular flexibility index (Phi) is 5.58. The van der Waals surface area contributed by atoms with Crippen molar-refractivity contribution in [3.05, 3.63) is 63.6 Å². The molecule has 0 unspecified atom stereocenters. The van der Waals surface area contributed by atoms with Crippen LogP contribution in [0.3, 0.4) is 0 Å². The molecule has 5 nitrogen and oxygen atoms in total. The Morgan fingerprint density at radius 3 is 2.32 bits per heavy atom. The molecule has 0 spiro atoms. The van der Waals surface area contributed by atoms with E-state index in [1.165, 1.54) is 12.1 Å². The van der Waals surface area contributed by atoms with E-state index in [4.69, 9.17) is 27.9 Å². The monoisotopic (exact) mass is 378 g/mol. The number of hydrogen-bond donors (Lipinski definition) is 1. The lowest BCUT2D eigenvalue weighted by atomic mass is 10.1. The van der Waals surface area contributed by atoms with E-state index in [0.717, 1.165) is 0 Å². The molecule has 1 heterocycles. The van der Waals surface area contributed by atoms with Gasteiger partial charge in [-0.2, -0.15) is 0 Å². The number of morpholine rings is 1. The first-order valence-electron chi connectivity index (χ1n) is 7.78. The summed E-state index contributed by atoms with van der Waals surface area (Å²) in [5, 5.41) is 3.51. The number of amides is 2. The zero-order valence-corrected chi connectivity index (χ0v) is 14.8. The van der Waals surface area contributed by atoms with E-state index in [2.05, 4.69) is 5.32 Å². The second-order valence-electron chi connectivity index (χ2n) is 5.56. The molecule has 0 saturated carbocycles. The average Bonchev–Trinajstić information content (AvgIpc) is 2.61. The largest absolute Gasteiger partial charge is 0.378 e. The van der Waals surface area contributed by atoms with Crippen LogP contribution in [0.2, 0.25) is 10.0 Å². The highest BCUT2D eigenvalue weighted by Gasteiger charge is 2.21. The minimum absolute atomic E-state index is 0.136. The van der Waals surface area contributed by atoms with Gasteiger partial charge in [-0.25, -0.2) is 0 Å². The number of hydrogen-bond acceptors (Lipinski definition) is 3. The average molecular weight is 379 g/mol. The van der Waals surface area contributed by atoms with E-state index in [0.29, 0.717) is 53.2 Å². The lowest BCUT2D eigenvalue weighted by Crippen LogP contribution is -2.41. The number of nitrogens with one attached hydrogen (secondary N) is 1. The van der Waals surface area contributed by atoms with Gasteiger partial charge >= 0.3 is 0 Å². The predicted molar refractivity (Wildman–Crippen MR) is 97.6 cm³/mol. The molecule has 0 atom stereocenters. The van der Waals surface area contributed by atoms with Crippen molar-refractivity contribution < 1.29 is 14.3 Å². The number of carbonyl (C=O) groups is 2. The summed E-state index contributed by atoms with van der Waals surface area (Å²) in [5.41, 5.74) is 1.21. The topological polar surface area (TPSA) is 58.6 Å². The van der Waals surface area contributed by atoms with Gasteiger partial charge in [-0.1, -0.05) is 35.3 Å². The second kappa shape index (κ2) is 7.87. The Balaban J connectivity index is 1.83. The normalized spacial score (nSPS) is 14.2. The molecule has 2 aromatic carbocycles. The number of anilines is 1. The van der Waals surface area contributed by atoms with E-state index < -0.39 is 0 Å². The Morgan fingerprint density at radius 1 is 1.00 bits per heavy atom. The molecule has 0 aliphatic carbocycles. The van der Waals surface area contributed by atoms with Gasteiger partial charge in [0.1, 0.15) is 0 Å². The van der Waals surface area contributed by atoms with Crippen LogP contribution >= 0.6 is 23.2 Å². The van der Waals surface area contributed by atoms with Gasteiger partial charge in [0.15, 0.2) is 0 Å². The van der Waals surface area contributed by atoms with Crippen molar-refractivity contribution in [2.24, 2.45) is 0 Å². The number of ether oxygens (including phenoxy) is 1. The summed E-state index contributed by atoms with van der Waals surface area (Å²) in [6.07, 6.45) is 0. The maximum atomic E-state index is 12.7. The van der Waals surface area contributed by atoms with Gasteiger partial charge < -0.3 is 15.0 Å². The van der Waals surface area contributed by atoms with Gasteiger partial charge in [-0.05, 0) is 30.3 Å². The number of halogens is 2. The third-order valence-electron chi connectivity index (χ3n) is 3.83. The predicted octanol–water partition coefficient (Wildman–Crippen LogP) is 3.72. The molecule has 1 aliphatic heterocycles. The molecule has 25 heavy (non-hydrogen) atoms. The van der Waals surface area contributed by atoms with Crippen molar-refractivity contribution in [1.82, 2.24) is 4.90 Å². The third-order valence-corrected chi connectivity index (χ3v) is 4.27. The first kappa shape index (κ1) is 17.7. The summed E-state index contributed by atoms with van der Waals surface area (Å²) in [4.78, 5) is 26.9. The van der Waals surface area contributed by atoms with Crippen molar-refractivity contribution in [2.75, 3.05) is 31.6 Å². The van der Waals surface area contributed by atoms with Crippen LogP contribution in [0.4, 0.5) is 5.69 Å². The maximum absolute atomic E-state index is 12.7. The van der Waals surface area contributed by atoms with Gasteiger partial charge in [-0.15, -0.1) is 0 Å². The number of benzene rings is 2. The van der Waals surface area contributed by atoms with Crippen molar-refractivity contribution in [3.63, 3.8) is 0 Å². The fourth-order valence-corrected chi connectivity index (χ4v) is 3.12. The van der Waals surface area contributed by atoms with Crippen molar-refractivity contribution in [1.29, 1.82) is 0 Å². The van der Waals surface area contributed by atoms with Gasteiger partial charge in [0, 0.05) is 28.7 Å². The van der Waals surface area contributed by atoms with Crippen molar-refractivity contribution >= 4 is 40.7 Å². The zero-order valence-electron chi connectivity index (χ0n) is 13.3. The molecule has 1 fully saturated rings. The minimum Gasteiger partial charge on any atom is -0.378 e. The minimum atomic E-state index is -0.383. The highest BCUT2D eigenvalue weighted by Crippen LogP contribution is 2.22. The molecule has 1 aliphatic rings. The first-order valence-corrected chi connectivity index (χ1v) is 8.53. The Labute approximate surface area is 155 Å². The molecule has 2 amide bonds. The van der Waals surface area contributed by atoms with E-state index in [1.807, 2.05) is 0 Å². The molecule has 1 saturated heterocycles. The Bertz CT molecular complexity index is 784. The van der Waals surface area contributed by atoms with E-state index in [-0.39, 0.29) is 11.8 Å². The highest BCUT2D eigenvalue weighted by molar-refractivity contribution is 6.35. The van der Waals surface area contributed by atoms with E-state index in [9.17, 15) is 9.59 Å². The number of rotatable bonds is 3. The smallest absolute Gasteiger partial charge is 0.256 e. The summed E-state index contributed by atoms with van der Waals surface area (Å²) in [7, 11) is 0. The van der Waals surface area contributed by atoms with Crippen LogP contribution in [-0.4, -0.2) is 43.0 Å². The van der Waals surface area contributed by atoms with Crippen LogP contribution < -0.4 is 5.32 Å². The third kappa shape index (κ3) is 4.31. The molecule has 1 N–H and O–H groups in total. The second-order valence-corrected chi connectivity index (χ2v) is 6.44. The Morgan fingerprint density at radius 2 is 1.64 bits per heavy atom. The molecular weight excluding hydrogens is 363 g/mol. The maximum Gasteiger partial charge on any atom is 0.256 e. The van der Waals surface area contributed by atoms with Crippen LogP contribution in [0.15, 0.2) is 42.5 Å². The van der Waals surface area contributed by atoms with Crippen LogP contribution in [0.5, 0.6) is 0 Å². The Hall–Kier alpha value is -2.08. The molecule has 7 heteroatoms. The van der Waals surface area contributed by atoms with Gasteiger partial charge in [0.25, 0.3) is 11.8 Å². The highest BCUT2D eigenvalue weighted by atomic mass is 35.5.